The molecule has 0 spiro atoms. The summed E-state index contributed by atoms with van der Waals surface area (Å²) in [6.07, 6.45) is 12.4. The normalized spacial score (nSPS) is 20.7. The molecule has 4 aliphatic rings. The number of amides is 2. The van der Waals surface area contributed by atoms with Crippen molar-refractivity contribution in [2.24, 2.45) is 5.41 Å². The standard InChI is InChI=1S/C31H42FN7O3/c1-37-25-18-33-30(36-28(25)39(15-10-27(37)40)21-8-4-3-5-9-21)35-24-17-23(32)22(16-26(24)42-2)29(41)34-19-31(11-12-31)20-38-13-6-7-14-38/h16-18,21H,3-15,19-20H2,1-2H3,(H,34,41)(H,33,35,36). The first kappa shape index (κ1) is 28.6. The highest BCUT2D eigenvalue weighted by Crippen LogP contribution is 2.46. The Morgan fingerprint density at radius 3 is 2.60 bits per heavy atom. The summed E-state index contributed by atoms with van der Waals surface area (Å²) in [5.74, 6) is 0.219. The number of methoxy groups -OCH3 is 1. The molecule has 11 heteroatoms. The van der Waals surface area contributed by atoms with Gasteiger partial charge in [-0.15, -0.1) is 0 Å². The number of anilines is 4. The predicted molar refractivity (Wildman–Crippen MR) is 160 cm³/mol. The van der Waals surface area contributed by atoms with Crippen molar-refractivity contribution in [3.05, 3.63) is 29.7 Å². The fourth-order valence-electron chi connectivity index (χ4n) is 6.71. The topological polar surface area (TPSA) is 103 Å². The molecule has 2 aliphatic heterocycles. The quantitative estimate of drug-likeness (QED) is 0.449. The summed E-state index contributed by atoms with van der Waals surface area (Å²) in [4.78, 5) is 41.4. The van der Waals surface area contributed by atoms with Gasteiger partial charge in [0.05, 0.1) is 24.6 Å². The molecule has 0 unspecified atom stereocenters. The van der Waals surface area contributed by atoms with Crippen LogP contribution in [0.25, 0.3) is 0 Å². The van der Waals surface area contributed by atoms with Crippen molar-refractivity contribution in [2.45, 2.75) is 70.3 Å². The number of nitrogens with zero attached hydrogens (tertiary/aromatic N) is 5. The van der Waals surface area contributed by atoms with E-state index < -0.39 is 11.7 Å². The molecule has 0 atom stereocenters. The maximum atomic E-state index is 15.4. The van der Waals surface area contributed by atoms with Crippen LogP contribution in [0.5, 0.6) is 5.75 Å². The van der Waals surface area contributed by atoms with Crippen LogP contribution >= 0.6 is 0 Å². The minimum Gasteiger partial charge on any atom is -0.495 e. The summed E-state index contributed by atoms with van der Waals surface area (Å²) < 4.78 is 20.9. The van der Waals surface area contributed by atoms with Gasteiger partial charge in [0.25, 0.3) is 5.91 Å². The van der Waals surface area contributed by atoms with Crippen LogP contribution in [0.2, 0.25) is 0 Å². The molecule has 42 heavy (non-hydrogen) atoms. The van der Waals surface area contributed by atoms with Crippen molar-refractivity contribution in [3.8, 4) is 5.75 Å². The van der Waals surface area contributed by atoms with Gasteiger partial charge in [0.1, 0.15) is 17.3 Å². The maximum Gasteiger partial charge on any atom is 0.254 e. The van der Waals surface area contributed by atoms with E-state index in [2.05, 4.69) is 25.4 Å². The van der Waals surface area contributed by atoms with Gasteiger partial charge in [-0.1, -0.05) is 19.3 Å². The Hall–Kier alpha value is -3.47. The lowest BCUT2D eigenvalue weighted by Gasteiger charge is -2.35. The van der Waals surface area contributed by atoms with Crippen LogP contribution in [0.3, 0.4) is 0 Å². The molecular formula is C31H42FN7O3. The third-order valence-corrected chi connectivity index (χ3v) is 9.46. The smallest absolute Gasteiger partial charge is 0.254 e. The summed E-state index contributed by atoms with van der Waals surface area (Å²) >= 11 is 0. The third kappa shape index (κ3) is 6.02. The van der Waals surface area contributed by atoms with Crippen molar-refractivity contribution in [3.63, 3.8) is 0 Å². The fourth-order valence-corrected chi connectivity index (χ4v) is 6.71. The molecule has 3 fully saturated rings. The van der Waals surface area contributed by atoms with E-state index in [0.29, 0.717) is 48.5 Å². The highest BCUT2D eigenvalue weighted by molar-refractivity contribution is 5.97. The highest BCUT2D eigenvalue weighted by Gasteiger charge is 2.44. The van der Waals surface area contributed by atoms with Crippen molar-refractivity contribution in [1.29, 1.82) is 0 Å². The molecule has 3 heterocycles. The van der Waals surface area contributed by atoms with Gasteiger partial charge in [-0.2, -0.15) is 4.98 Å². The average Bonchev–Trinajstić information content (AvgIpc) is 3.60. The zero-order chi connectivity index (χ0) is 29.3. The lowest BCUT2D eigenvalue weighted by Crippen LogP contribution is -2.38. The van der Waals surface area contributed by atoms with Gasteiger partial charge in [-0.25, -0.2) is 9.37 Å². The van der Waals surface area contributed by atoms with E-state index in [9.17, 15) is 9.59 Å². The summed E-state index contributed by atoms with van der Waals surface area (Å²) in [6.45, 7) is 4.37. The maximum absolute atomic E-state index is 15.4. The lowest BCUT2D eigenvalue weighted by atomic mass is 9.94. The molecule has 0 bridgehead atoms. The van der Waals surface area contributed by atoms with E-state index in [1.165, 1.54) is 38.5 Å². The number of nitrogens with one attached hydrogen (secondary N) is 2. The van der Waals surface area contributed by atoms with Gasteiger partial charge in [0, 0.05) is 50.6 Å². The second-order valence-electron chi connectivity index (χ2n) is 12.4. The van der Waals surface area contributed by atoms with E-state index >= 15 is 4.39 Å². The molecule has 10 nitrogen and oxygen atoms in total. The Morgan fingerprint density at radius 2 is 1.88 bits per heavy atom. The predicted octanol–water partition coefficient (Wildman–Crippen LogP) is 4.48. The molecule has 1 saturated heterocycles. The van der Waals surface area contributed by atoms with Crippen molar-refractivity contribution >= 4 is 35.0 Å². The number of carbonyl (C=O) groups excluding carboxylic acids is 2. The Balaban J connectivity index is 1.19. The highest BCUT2D eigenvalue weighted by atomic mass is 19.1. The monoisotopic (exact) mass is 579 g/mol. The number of hydrogen-bond acceptors (Lipinski definition) is 8. The van der Waals surface area contributed by atoms with Crippen LogP contribution in [0.15, 0.2) is 18.3 Å². The van der Waals surface area contributed by atoms with Gasteiger partial charge >= 0.3 is 0 Å². The summed E-state index contributed by atoms with van der Waals surface area (Å²) in [5, 5.41) is 6.08. The average molecular weight is 580 g/mol. The fraction of sp³-hybridized carbons (Fsp3) is 0.613. The number of carbonyl (C=O) groups is 2. The number of ether oxygens (including phenoxy) is 1. The van der Waals surface area contributed by atoms with Crippen LogP contribution in [0, 0.1) is 11.2 Å². The Morgan fingerprint density at radius 1 is 1.12 bits per heavy atom. The Bertz CT molecular complexity index is 1320. The minimum atomic E-state index is -0.649. The second kappa shape index (κ2) is 12.0. The van der Waals surface area contributed by atoms with Crippen LogP contribution in [-0.4, -0.2) is 79.6 Å². The number of halogens is 1. The number of benzene rings is 1. The third-order valence-electron chi connectivity index (χ3n) is 9.46. The van der Waals surface area contributed by atoms with Crippen LogP contribution in [0.4, 0.5) is 27.5 Å². The summed E-state index contributed by atoms with van der Waals surface area (Å²) in [6, 6.07) is 3.00. The molecule has 2 aromatic rings. The van der Waals surface area contributed by atoms with E-state index in [1.807, 2.05) is 0 Å². The van der Waals surface area contributed by atoms with Crippen molar-refractivity contribution < 1.29 is 18.7 Å². The number of rotatable bonds is 9. The molecule has 2 saturated carbocycles. The summed E-state index contributed by atoms with van der Waals surface area (Å²) in [5.41, 5.74) is 1.04. The minimum absolute atomic E-state index is 0.0279. The number of hydrogen-bond donors (Lipinski definition) is 2. The Kier molecular flexibility index (Phi) is 8.20. The van der Waals surface area contributed by atoms with Gasteiger partial charge in [-0.05, 0) is 57.7 Å². The second-order valence-corrected chi connectivity index (χ2v) is 12.4. The van der Waals surface area contributed by atoms with E-state index in [-0.39, 0.29) is 22.8 Å². The van der Waals surface area contributed by atoms with E-state index in [4.69, 9.17) is 9.72 Å². The number of aromatic nitrogens is 2. The Labute approximate surface area is 247 Å². The summed E-state index contributed by atoms with van der Waals surface area (Å²) in [7, 11) is 3.24. The number of fused-ring (bicyclic) bond motifs is 1. The van der Waals surface area contributed by atoms with Gasteiger partial charge in [0.2, 0.25) is 11.9 Å². The van der Waals surface area contributed by atoms with Crippen LogP contribution in [0.1, 0.15) is 74.6 Å². The van der Waals surface area contributed by atoms with Gasteiger partial charge < -0.3 is 30.1 Å². The number of likely N-dealkylation sites (tertiary alicyclic amines) is 1. The zero-order valence-corrected chi connectivity index (χ0v) is 24.8. The van der Waals surface area contributed by atoms with Crippen molar-refractivity contribution in [2.75, 3.05) is 62.0 Å². The first-order chi connectivity index (χ1) is 20.4. The molecule has 1 aromatic heterocycles. The molecule has 1 aromatic carbocycles. The molecule has 6 rings (SSSR count). The van der Waals surface area contributed by atoms with Crippen LogP contribution in [-0.2, 0) is 4.79 Å². The van der Waals surface area contributed by atoms with E-state index in [1.54, 1.807) is 18.1 Å². The molecule has 226 valence electrons. The molecule has 2 amide bonds. The first-order valence-corrected chi connectivity index (χ1v) is 15.4. The van der Waals surface area contributed by atoms with Crippen molar-refractivity contribution in [1.82, 2.24) is 20.2 Å². The van der Waals surface area contributed by atoms with Crippen LogP contribution < -0.4 is 25.2 Å². The largest absolute Gasteiger partial charge is 0.495 e. The lowest BCUT2D eigenvalue weighted by molar-refractivity contribution is -0.118. The van der Waals surface area contributed by atoms with Gasteiger partial charge in [0.15, 0.2) is 5.82 Å². The van der Waals surface area contributed by atoms with E-state index in [0.717, 1.165) is 58.2 Å². The van der Waals surface area contributed by atoms with Gasteiger partial charge in [-0.3, -0.25) is 9.59 Å². The first-order valence-electron chi connectivity index (χ1n) is 15.4. The zero-order valence-electron chi connectivity index (χ0n) is 24.8. The SMILES string of the molecule is COc1cc(C(=O)NCC2(CN3CCCC3)CC2)c(F)cc1Nc1ncc2c(n1)N(C1CCCCC1)CCC(=O)N2C. The molecular weight excluding hydrogens is 537 g/mol. The molecule has 0 radical (unpaired) electrons. The molecule has 2 N–H and O–H groups in total. The molecule has 2 aliphatic carbocycles.